The summed E-state index contributed by atoms with van der Waals surface area (Å²) in [6.45, 7) is 5.54. The van der Waals surface area contributed by atoms with Crippen molar-refractivity contribution in [3.8, 4) is 5.88 Å². The summed E-state index contributed by atoms with van der Waals surface area (Å²) >= 11 is 0. The Labute approximate surface area is 95.9 Å². The van der Waals surface area contributed by atoms with Crippen molar-refractivity contribution >= 4 is 15.7 Å². The van der Waals surface area contributed by atoms with Gasteiger partial charge in [-0.3, -0.25) is 4.72 Å². The summed E-state index contributed by atoms with van der Waals surface area (Å²) in [6, 6.07) is 1.69. The molecule has 0 fully saturated rings. The van der Waals surface area contributed by atoms with Crippen LogP contribution in [-0.2, 0) is 10.0 Å². The van der Waals surface area contributed by atoms with Crippen molar-refractivity contribution in [2.75, 3.05) is 11.0 Å². The van der Waals surface area contributed by atoms with E-state index >= 15 is 0 Å². The third kappa shape index (κ3) is 4.06. The van der Waals surface area contributed by atoms with E-state index in [1.807, 2.05) is 20.8 Å². The van der Waals surface area contributed by atoms with Gasteiger partial charge in [-0.25, -0.2) is 13.4 Å². The summed E-state index contributed by atoms with van der Waals surface area (Å²) in [4.78, 5) is 4.05. The smallest absolute Gasteiger partial charge is 0.238 e. The standard InChI is InChI=1S/C10H16N2O3S/c1-7(2)15-10-9(12-16(4,13)14)5-8(3)6-11-10/h5-7,12H,1-4H3. The predicted octanol–water partition coefficient (Wildman–Crippen LogP) is 1.55. The van der Waals surface area contributed by atoms with Crippen LogP contribution in [0.15, 0.2) is 12.3 Å². The van der Waals surface area contributed by atoms with Gasteiger partial charge in [-0.05, 0) is 32.4 Å². The van der Waals surface area contributed by atoms with Crippen molar-refractivity contribution in [3.63, 3.8) is 0 Å². The Hall–Kier alpha value is -1.30. The van der Waals surface area contributed by atoms with E-state index in [1.54, 1.807) is 12.3 Å². The Morgan fingerprint density at radius 1 is 1.44 bits per heavy atom. The Kier molecular flexibility index (Phi) is 3.74. The third-order valence-electron chi connectivity index (χ3n) is 1.63. The molecule has 1 rings (SSSR count). The minimum atomic E-state index is -3.32. The van der Waals surface area contributed by atoms with Crippen LogP contribution in [0.2, 0.25) is 0 Å². The molecule has 1 heterocycles. The van der Waals surface area contributed by atoms with E-state index < -0.39 is 10.0 Å². The van der Waals surface area contributed by atoms with Crippen molar-refractivity contribution in [2.24, 2.45) is 0 Å². The summed E-state index contributed by atoms with van der Waals surface area (Å²) < 4.78 is 30.1. The number of hydrogen-bond donors (Lipinski definition) is 1. The van der Waals surface area contributed by atoms with Gasteiger partial charge in [0.25, 0.3) is 0 Å². The fourth-order valence-electron chi connectivity index (χ4n) is 1.15. The molecule has 1 aromatic heterocycles. The lowest BCUT2D eigenvalue weighted by Crippen LogP contribution is -2.14. The van der Waals surface area contributed by atoms with Crippen LogP contribution in [0.5, 0.6) is 5.88 Å². The number of aryl methyl sites for hydroxylation is 1. The van der Waals surface area contributed by atoms with Crippen LogP contribution in [0.4, 0.5) is 5.69 Å². The lowest BCUT2D eigenvalue weighted by molar-refractivity contribution is 0.234. The second-order valence-electron chi connectivity index (χ2n) is 3.91. The first-order valence-corrected chi connectivity index (χ1v) is 6.78. The van der Waals surface area contributed by atoms with Crippen molar-refractivity contribution < 1.29 is 13.2 Å². The second kappa shape index (κ2) is 4.69. The fraction of sp³-hybridized carbons (Fsp3) is 0.500. The first-order chi connectivity index (χ1) is 7.28. The van der Waals surface area contributed by atoms with Gasteiger partial charge in [-0.1, -0.05) is 0 Å². The highest BCUT2D eigenvalue weighted by molar-refractivity contribution is 7.92. The number of pyridine rings is 1. The number of sulfonamides is 1. The lowest BCUT2D eigenvalue weighted by atomic mass is 10.3. The quantitative estimate of drug-likeness (QED) is 0.872. The van der Waals surface area contributed by atoms with Gasteiger partial charge < -0.3 is 4.74 Å². The van der Waals surface area contributed by atoms with Gasteiger partial charge in [-0.15, -0.1) is 0 Å². The molecule has 1 aromatic rings. The van der Waals surface area contributed by atoms with Crippen LogP contribution >= 0.6 is 0 Å². The van der Waals surface area contributed by atoms with Crippen molar-refractivity contribution in [1.82, 2.24) is 4.98 Å². The lowest BCUT2D eigenvalue weighted by Gasteiger charge is -2.13. The molecule has 90 valence electrons. The molecule has 0 aliphatic rings. The van der Waals surface area contributed by atoms with Gasteiger partial charge in [0.2, 0.25) is 15.9 Å². The molecule has 0 bridgehead atoms. The molecule has 0 aromatic carbocycles. The summed E-state index contributed by atoms with van der Waals surface area (Å²) in [5.74, 6) is 0.297. The van der Waals surface area contributed by atoms with Crippen molar-refractivity contribution in [3.05, 3.63) is 17.8 Å². The van der Waals surface area contributed by atoms with E-state index in [4.69, 9.17) is 4.74 Å². The van der Waals surface area contributed by atoms with Crippen LogP contribution in [0.3, 0.4) is 0 Å². The minimum Gasteiger partial charge on any atom is -0.473 e. The molecule has 0 saturated heterocycles. The Bertz CT molecular complexity index is 469. The van der Waals surface area contributed by atoms with E-state index in [2.05, 4.69) is 9.71 Å². The molecule has 0 aliphatic carbocycles. The molecule has 0 amide bonds. The highest BCUT2D eigenvalue weighted by Gasteiger charge is 2.11. The van der Waals surface area contributed by atoms with Crippen LogP contribution < -0.4 is 9.46 Å². The van der Waals surface area contributed by atoms with Crippen molar-refractivity contribution in [1.29, 1.82) is 0 Å². The molecular weight excluding hydrogens is 228 g/mol. The van der Waals surface area contributed by atoms with Gasteiger partial charge >= 0.3 is 0 Å². The normalized spacial score (nSPS) is 11.6. The number of rotatable bonds is 4. The number of nitrogens with one attached hydrogen (secondary N) is 1. The van der Waals surface area contributed by atoms with Crippen LogP contribution in [0.1, 0.15) is 19.4 Å². The zero-order chi connectivity index (χ0) is 12.3. The maximum Gasteiger partial charge on any atom is 0.238 e. The van der Waals surface area contributed by atoms with Gasteiger partial charge in [-0.2, -0.15) is 0 Å². The van der Waals surface area contributed by atoms with Gasteiger partial charge in [0.05, 0.1) is 12.4 Å². The Morgan fingerprint density at radius 2 is 2.06 bits per heavy atom. The number of ether oxygens (including phenoxy) is 1. The molecule has 0 atom stereocenters. The molecular formula is C10H16N2O3S. The molecule has 16 heavy (non-hydrogen) atoms. The monoisotopic (exact) mass is 244 g/mol. The van der Waals surface area contributed by atoms with Crippen LogP contribution in [0, 0.1) is 6.92 Å². The topological polar surface area (TPSA) is 68.3 Å². The van der Waals surface area contributed by atoms with Crippen LogP contribution in [-0.4, -0.2) is 25.8 Å². The number of anilines is 1. The first kappa shape index (κ1) is 12.8. The Balaban J connectivity index is 3.08. The van der Waals surface area contributed by atoms with Gasteiger partial charge in [0.15, 0.2) is 0 Å². The number of aromatic nitrogens is 1. The fourth-order valence-corrected chi connectivity index (χ4v) is 1.69. The molecule has 0 radical (unpaired) electrons. The first-order valence-electron chi connectivity index (χ1n) is 4.89. The second-order valence-corrected chi connectivity index (χ2v) is 5.65. The largest absolute Gasteiger partial charge is 0.473 e. The molecule has 5 nitrogen and oxygen atoms in total. The van der Waals surface area contributed by atoms with Gasteiger partial charge in [0, 0.05) is 6.20 Å². The van der Waals surface area contributed by atoms with E-state index in [1.165, 1.54) is 0 Å². The predicted molar refractivity (Wildman–Crippen MR) is 63.2 cm³/mol. The summed E-state index contributed by atoms with van der Waals surface area (Å²) in [6.07, 6.45) is 2.66. The van der Waals surface area contributed by atoms with Crippen LogP contribution in [0.25, 0.3) is 0 Å². The number of nitrogens with zero attached hydrogens (tertiary/aromatic N) is 1. The molecule has 0 unspecified atom stereocenters. The maximum atomic E-state index is 11.2. The summed E-state index contributed by atoms with van der Waals surface area (Å²) in [5, 5.41) is 0. The van der Waals surface area contributed by atoms with Crippen molar-refractivity contribution in [2.45, 2.75) is 26.9 Å². The SMILES string of the molecule is Cc1cnc(OC(C)C)c(NS(C)(=O)=O)c1. The molecule has 0 spiro atoms. The average molecular weight is 244 g/mol. The molecule has 6 heteroatoms. The highest BCUT2D eigenvalue weighted by atomic mass is 32.2. The molecule has 1 N–H and O–H groups in total. The average Bonchev–Trinajstić information content (AvgIpc) is 2.06. The number of hydrogen-bond acceptors (Lipinski definition) is 4. The highest BCUT2D eigenvalue weighted by Crippen LogP contribution is 2.24. The zero-order valence-corrected chi connectivity index (χ0v) is 10.6. The molecule has 0 aliphatic heterocycles. The van der Waals surface area contributed by atoms with E-state index in [0.29, 0.717) is 11.6 Å². The zero-order valence-electron chi connectivity index (χ0n) is 9.81. The minimum absolute atomic E-state index is 0.0599. The Morgan fingerprint density at radius 3 is 2.56 bits per heavy atom. The summed E-state index contributed by atoms with van der Waals surface area (Å²) in [5.41, 5.74) is 1.23. The third-order valence-corrected chi connectivity index (χ3v) is 2.22. The molecule has 0 saturated carbocycles. The summed E-state index contributed by atoms with van der Waals surface area (Å²) in [7, 11) is -3.32. The van der Waals surface area contributed by atoms with Gasteiger partial charge in [0.1, 0.15) is 5.69 Å². The van der Waals surface area contributed by atoms with E-state index in [0.717, 1.165) is 11.8 Å². The van der Waals surface area contributed by atoms with E-state index in [-0.39, 0.29) is 6.10 Å². The maximum absolute atomic E-state index is 11.2. The van der Waals surface area contributed by atoms with E-state index in [9.17, 15) is 8.42 Å².